The van der Waals surface area contributed by atoms with Crippen LogP contribution >= 0.6 is 0 Å². The zero-order valence-electron chi connectivity index (χ0n) is 16.8. The first-order valence-corrected chi connectivity index (χ1v) is 10.0. The fourth-order valence-electron chi connectivity index (χ4n) is 3.65. The summed E-state index contributed by atoms with van der Waals surface area (Å²) in [7, 11) is 0. The van der Waals surface area contributed by atoms with Crippen LogP contribution in [-0.2, 0) is 17.8 Å². The molecule has 0 bridgehead atoms. The van der Waals surface area contributed by atoms with Gasteiger partial charge in [0.05, 0.1) is 24.2 Å². The molecular weight excluding hydrogens is 384 g/mol. The number of morpholine rings is 1. The molecule has 0 unspecified atom stereocenters. The van der Waals surface area contributed by atoms with Crippen molar-refractivity contribution in [1.82, 2.24) is 14.5 Å². The Bertz CT molecular complexity index is 1170. The number of benzene rings is 2. The van der Waals surface area contributed by atoms with E-state index >= 15 is 0 Å². The van der Waals surface area contributed by atoms with E-state index in [2.05, 4.69) is 15.2 Å². The van der Waals surface area contributed by atoms with Crippen LogP contribution in [0.4, 0.5) is 5.69 Å². The maximum absolute atomic E-state index is 12.7. The molecule has 1 fully saturated rings. The first-order chi connectivity index (χ1) is 14.5. The molecule has 2 N–H and O–H groups in total. The van der Waals surface area contributed by atoms with Crippen LogP contribution in [0.5, 0.6) is 0 Å². The second-order valence-corrected chi connectivity index (χ2v) is 7.28. The SMILES string of the molecule is CCn1c(=O)c(=O)[nH]c2cc(C(=O)Nc3ccc(CN4CCOCC4)cc3)ccc21. The Morgan fingerprint density at radius 3 is 2.53 bits per heavy atom. The first kappa shape index (κ1) is 20.1. The maximum Gasteiger partial charge on any atom is 0.316 e. The second kappa shape index (κ2) is 8.64. The summed E-state index contributed by atoms with van der Waals surface area (Å²) in [5.74, 6) is -0.284. The summed E-state index contributed by atoms with van der Waals surface area (Å²) in [6, 6.07) is 12.7. The highest BCUT2D eigenvalue weighted by molar-refractivity contribution is 6.05. The average molecular weight is 408 g/mol. The minimum absolute atomic E-state index is 0.284. The van der Waals surface area contributed by atoms with Crippen molar-refractivity contribution in [2.45, 2.75) is 20.0 Å². The summed E-state index contributed by atoms with van der Waals surface area (Å²) in [6.45, 7) is 6.40. The number of aryl methyl sites for hydroxylation is 1. The van der Waals surface area contributed by atoms with Gasteiger partial charge in [-0.25, -0.2) is 0 Å². The molecule has 4 rings (SSSR count). The third-order valence-corrected chi connectivity index (χ3v) is 5.28. The van der Waals surface area contributed by atoms with Gasteiger partial charge in [-0.1, -0.05) is 12.1 Å². The molecule has 0 spiro atoms. The molecule has 0 atom stereocenters. The minimum Gasteiger partial charge on any atom is -0.379 e. The van der Waals surface area contributed by atoms with Gasteiger partial charge < -0.3 is 19.6 Å². The molecule has 2 heterocycles. The lowest BCUT2D eigenvalue weighted by molar-refractivity contribution is 0.0342. The van der Waals surface area contributed by atoms with Crippen LogP contribution in [0.1, 0.15) is 22.8 Å². The number of ether oxygens (including phenoxy) is 1. The highest BCUT2D eigenvalue weighted by atomic mass is 16.5. The number of fused-ring (bicyclic) bond motifs is 1. The summed E-state index contributed by atoms with van der Waals surface area (Å²) < 4.78 is 6.76. The first-order valence-electron chi connectivity index (χ1n) is 10.0. The molecule has 1 saturated heterocycles. The van der Waals surface area contributed by atoms with E-state index < -0.39 is 11.1 Å². The monoisotopic (exact) mass is 408 g/mol. The number of aromatic nitrogens is 2. The summed E-state index contributed by atoms with van der Waals surface area (Å²) in [5, 5.41) is 2.88. The van der Waals surface area contributed by atoms with Crippen molar-refractivity contribution in [3.63, 3.8) is 0 Å². The van der Waals surface area contributed by atoms with Crippen LogP contribution in [-0.4, -0.2) is 46.7 Å². The van der Waals surface area contributed by atoms with E-state index in [0.29, 0.717) is 28.8 Å². The van der Waals surface area contributed by atoms with Gasteiger partial charge in [0.15, 0.2) is 0 Å². The Morgan fingerprint density at radius 2 is 1.83 bits per heavy atom. The molecule has 8 heteroatoms. The van der Waals surface area contributed by atoms with E-state index in [4.69, 9.17) is 4.74 Å². The van der Waals surface area contributed by atoms with Crippen molar-refractivity contribution in [3.05, 3.63) is 74.3 Å². The number of aromatic amines is 1. The van der Waals surface area contributed by atoms with Crippen LogP contribution in [0, 0.1) is 0 Å². The van der Waals surface area contributed by atoms with E-state index in [1.165, 1.54) is 10.1 Å². The lowest BCUT2D eigenvalue weighted by Gasteiger charge is -2.26. The van der Waals surface area contributed by atoms with Crippen molar-refractivity contribution >= 4 is 22.6 Å². The van der Waals surface area contributed by atoms with Gasteiger partial charge in [-0.05, 0) is 42.8 Å². The van der Waals surface area contributed by atoms with E-state index in [1.54, 1.807) is 25.1 Å². The van der Waals surface area contributed by atoms with Gasteiger partial charge in [0.25, 0.3) is 5.91 Å². The van der Waals surface area contributed by atoms with Crippen LogP contribution in [0.2, 0.25) is 0 Å². The van der Waals surface area contributed by atoms with Crippen molar-refractivity contribution in [3.8, 4) is 0 Å². The number of H-pyrrole nitrogens is 1. The van der Waals surface area contributed by atoms with Crippen molar-refractivity contribution in [1.29, 1.82) is 0 Å². The summed E-state index contributed by atoms with van der Waals surface area (Å²) in [5.41, 5.74) is 2.02. The maximum atomic E-state index is 12.7. The highest BCUT2D eigenvalue weighted by Crippen LogP contribution is 2.16. The number of anilines is 1. The smallest absolute Gasteiger partial charge is 0.316 e. The number of hydrogen-bond acceptors (Lipinski definition) is 5. The molecule has 1 aliphatic heterocycles. The Labute approximate surface area is 173 Å². The van der Waals surface area contributed by atoms with E-state index in [-0.39, 0.29) is 5.91 Å². The highest BCUT2D eigenvalue weighted by Gasteiger charge is 2.12. The average Bonchev–Trinajstić information content (AvgIpc) is 2.76. The zero-order chi connectivity index (χ0) is 21.1. The fraction of sp³-hybridized carbons (Fsp3) is 0.318. The zero-order valence-corrected chi connectivity index (χ0v) is 16.8. The van der Waals surface area contributed by atoms with Gasteiger partial charge >= 0.3 is 11.1 Å². The third-order valence-electron chi connectivity index (χ3n) is 5.28. The summed E-state index contributed by atoms with van der Waals surface area (Å²) in [6.07, 6.45) is 0. The Kier molecular flexibility index (Phi) is 5.78. The number of nitrogens with one attached hydrogen (secondary N) is 2. The number of carbonyl (C=O) groups excluding carboxylic acids is 1. The second-order valence-electron chi connectivity index (χ2n) is 7.28. The molecule has 1 aromatic heterocycles. The molecule has 156 valence electrons. The van der Waals surface area contributed by atoms with Crippen molar-refractivity contribution in [2.24, 2.45) is 0 Å². The topological polar surface area (TPSA) is 96.4 Å². The number of nitrogens with zero attached hydrogens (tertiary/aromatic N) is 2. The van der Waals surface area contributed by atoms with Gasteiger partial charge in [-0.3, -0.25) is 19.3 Å². The molecule has 0 radical (unpaired) electrons. The third kappa shape index (κ3) is 4.19. The van der Waals surface area contributed by atoms with Crippen LogP contribution in [0.15, 0.2) is 52.1 Å². The quantitative estimate of drug-likeness (QED) is 0.628. The molecule has 0 saturated carbocycles. The number of amides is 1. The lowest BCUT2D eigenvalue weighted by atomic mass is 10.1. The number of hydrogen-bond donors (Lipinski definition) is 2. The van der Waals surface area contributed by atoms with Gasteiger partial charge in [0.2, 0.25) is 0 Å². The van der Waals surface area contributed by atoms with E-state index in [9.17, 15) is 14.4 Å². The molecule has 3 aromatic rings. The summed E-state index contributed by atoms with van der Waals surface area (Å²) >= 11 is 0. The lowest BCUT2D eigenvalue weighted by Crippen LogP contribution is -2.36. The molecule has 2 aromatic carbocycles. The Balaban J connectivity index is 1.49. The van der Waals surface area contributed by atoms with Crippen LogP contribution < -0.4 is 16.4 Å². The molecule has 8 nitrogen and oxygen atoms in total. The fourth-order valence-corrected chi connectivity index (χ4v) is 3.65. The van der Waals surface area contributed by atoms with Gasteiger partial charge in [0.1, 0.15) is 0 Å². The van der Waals surface area contributed by atoms with Gasteiger partial charge in [-0.2, -0.15) is 0 Å². The van der Waals surface area contributed by atoms with Gasteiger partial charge in [-0.15, -0.1) is 0 Å². The number of carbonyl (C=O) groups is 1. The molecule has 30 heavy (non-hydrogen) atoms. The van der Waals surface area contributed by atoms with E-state index in [1.807, 2.05) is 24.3 Å². The van der Waals surface area contributed by atoms with Crippen molar-refractivity contribution < 1.29 is 9.53 Å². The molecule has 0 aliphatic carbocycles. The minimum atomic E-state index is -0.697. The number of rotatable bonds is 5. The standard InChI is InChI=1S/C22H24N4O4/c1-2-26-19-8-5-16(13-18(19)24-21(28)22(26)29)20(27)23-17-6-3-15(4-7-17)14-25-9-11-30-12-10-25/h3-8,13H,2,9-12,14H2,1H3,(H,23,27)(H,24,28). The molecule has 1 amide bonds. The normalized spacial score (nSPS) is 14.7. The van der Waals surface area contributed by atoms with Crippen LogP contribution in [0.25, 0.3) is 11.0 Å². The predicted molar refractivity (Wildman–Crippen MR) is 115 cm³/mol. The molecular formula is C22H24N4O4. The largest absolute Gasteiger partial charge is 0.379 e. The van der Waals surface area contributed by atoms with E-state index in [0.717, 1.165) is 32.8 Å². The Hall–Kier alpha value is -3.23. The molecule has 1 aliphatic rings. The van der Waals surface area contributed by atoms with Gasteiger partial charge in [0, 0.05) is 37.4 Å². The summed E-state index contributed by atoms with van der Waals surface area (Å²) in [4.78, 5) is 41.4. The Morgan fingerprint density at radius 1 is 1.10 bits per heavy atom. The van der Waals surface area contributed by atoms with Crippen molar-refractivity contribution in [2.75, 3.05) is 31.6 Å². The predicted octanol–water partition coefficient (Wildman–Crippen LogP) is 1.79. The van der Waals surface area contributed by atoms with Crippen LogP contribution in [0.3, 0.4) is 0 Å².